The molecule has 31 heteroatoms. The number of H-pyrrole nitrogens is 5. The summed E-state index contributed by atoms with van der Waals surface area (Å²) in [6, 6.07) is 27.8. The smallest absolute Gasteiger partial charge is 0.662 e. The number of benzene rings is 3. The van der Waals surface area contributed by atoms with Gasteiger partial charge < -0.3 is 37.6 Å². The number of primary amides is 2. The molecule has 6 aromatic heterocycles. The van der Waals surface area contributed by atoms with Gasteiger partial charge in [-0.15, -0.1) is 0 Å². The number of nitrogens with one attached hydrogen (secondary N) is 6. The van der Waals surface area contributed by atoms with Crippen LogP contribution in [0.5, 0.6) is 0 Å². The first-order chi connectivity index (χ1) is 32.0. The van der Waals surface area contributed by atoms with E-state index in [1.165, 1.54) is 18.6 Å². The van der Waals surface area contributed by atoms with Crippen molar-refractivity contribution in [3.63, 3.8) is 0 Å². The van der Waals surface area contributed by atoms with Crippen LogP contribution in [-0.4, -0.2) is 136 Å². The maximum absolute atomic E-state index is 11.8. The van der Waals surface area contributed by atoms with E-state index in [4.69, 9.17) is 38.9 Å². The van der Waals surface area contributed by atoms with Gasteiger partial charge in [0.05, 0.1) is 30.2 Å². The molecule has 0 saturated carbocycles. The number of carbonyl (C=O) groups is 4. The molecule has 69 heavy (non-hydrogen) atoms. The van der Waals surface area contributed by atoms with Gasteiger partial charge in [0, 0.05) is 68.1 Å². The van der Waals surface area contributed by atoms with E-state index in [2.05, 4.69) is 105 Å². The number of fused-ring (bicyclic) bond motifs is 2. The second-order valence-electron chi connectivity index (χ2n) is 12.2. The van der Waals surface area contributed by atoms with Gasteiger partial charge in [-0.1, -0.05) is 90.5 Å². The third-order valence-corrected chi connectivity index (χ3v) is 8.10. The summed E-state index contributed by atoms with van der Waals surface area (Å²) in [5, 5.41) is 34.5. The fourth-order valence-corrected chi connectivity index (χ4v) is 5.15. The third kappa shape index (κ3) is 20.3. The topological polar surface area (TPSA) is 394 Å². The van der Waals surface area contributed by atoms with Gasteiger partial charge in [-0.25, -0.2) is 15.0 Å². The Kier molecular flexibility index (Phi) is 27.0. The number of anilines is 2. The molecule has 24 nitrogen and oxygen atoms in total. The molecule has 0 aliphatic heterocycles. The van der Waals surface area contributed by atoms with Crippen molar-refractivity contribution in [2.45, 2.75) is 0 Å². The van der Waals surface area contributed by atoms with E-state index in [0.29, 0.717) is 39.0 Å². The molecule has 0 atom stereocenters. The predicted molar refractivity (Wildman–Crippen MR) is 253 cm³/mol. The monoisotopic (exact) mass is 1090 g/mol. The number of amides is 3. The van der Waals surface area contributed by atoms with Gasteiger partial charge in [0.2, 0.25) is 0 Å². The van der Waals surface area contributed by atoms with Crippen LogP contribution in [-0.2, 0) is 14.2 Å². The number of nitrogens with two attached hydrogens (primary N) is 3. The molecule has 12 N–H and O–H groups in total. The quantitative estimate of drug-likeness (QED) is 0.0274. The summed E-state index contributed by atoms with van der Waals surface area (Å²) >= 11 is 19.9. The Morgan fingerprint density at radius 2 is 1.16 bits per heavy atom. The van der Waals surface area contributed by atoms with Crippen molar-refractivity contribution in [2.24, 2.45) is 11.5 Å². The summed E-state index contributed by atoms with van der Waals surface area (Å²) in [4.78, 5) is 71.7. The van der Waals surface area contributed by atoms with Crippen molar-refractivity contribution in [2.75, 3.05) is 11.1 Å². The average Bonchev–Trinajstić information content (AvgIpc) is 4.16. The standard InChI is InChI=1S/C11H7ClN4.C11H10N4O2.C11H8N4O.C4H6N4O.CH2O3.Cl3OP.2K/c12-9-8-6-13-16-11(8)15-10(14-9)7-4-2-1-3-5-7;12-9(16)8-6-13-15-10(8)14-11(17)7-4-2-1-3-5-7;16-11-8-6-12-15-10(8)13-9(14-11)7-4-2-1-3-5-7;5-3-2(4(6)9)1-7-8-3;2-1-4-3;1-5(2,3)4;;/h1-6H,(H,13,14,15,16);1-6H,(H2,12,16)(H2,13,14,15,17);1-6H,(H2,12,13,14,15,16);1H,(H2,6,9)(H3,5,7,8);1,3H;;;/q;;;;;;;+1/p-1. The molecule has 3 aromatic carbocycles. The molecule has 9 aromatic rings. The Morgan fingerprint density at radius 1 is 0.696 bits per heavy atom. The first kappa shape index (κ1) is 60.4. The van der Waals surface area contributed by atoms with Crippen LogP contribution in [0.15, 0.2) is 121 Å². The van der Waals surface area contributed by atoms with Gasteiger partial charge in [-0.2, -0.15) is 20.4 Å². The third-order valence-electron chi connectivity index (χ3n) is 7.81. The van der Waals surface area contributed by atoms with Gasteiger partial charge >= 0.3 is 56.6 Å². The maximum atomic E-state index is 11.8. The Labute approximate surface area is 492 Å². The summed E-state index contributed by atoms with van der Waals surface area (Å²) in [6.07, 6.45) is 5.64. The van der Waals surface area contributed by atoms with Crippen molar-refractivity contribution < 1.29 is 85.3 Å². The molecule has 0 saturated heterocycles. The van der Waals surface area contributed by atoms with Crippen LogP contribution < -0.4 is 84.7 Å². The van der Waals surface area contributed by atoms with Crippen LogP contribution >= 0.6 is 50.5 Å². The largest absolute Gasteiger partial charge is 1.00 e. The molecule has 0 unspecified atom stereocenters. The van der Waals surface area contributed by atoms with Crippen molar-refractivity contribution in [3.8, 4) is 22.8 Å². The van der Waals surface area contributed by atoms with Crippen LogP contribution in [0.25, 0.3) is 44.8 Å². The van der Waals surface area contributed by atoms with Crippen molar-refractivity contribution in [1.82, 2.24) is 60.7 Å². The normalized spacial score (nSPS) is 9.81. The number of hydrogen-bond donors (Lipinski definition) is 9. The number of nitrogens with zero attached hydrogens (tertiary/aromatic N) is 7. The maximum Gasteiger partial charge on any atom is 1.00 e. The van der Waals surface area contributed by atoms with E-state index < -0.39 is 17.0 Å². The molecule has 1 radical (unpaired) electrons. The number of halogens is 4. The van der Waals surface area contributed by atoms with Crippen LogP contribution in [0.2, 0.25) is 5.15 Å². The van der Waals surface area contributed by atoms with Crippen LogP contribution in [0.4, 0.5) is 11.6 Å². The summed E-state index contributed by atoms with van der Waals surface area (Å²) in [6.45, 7) is -0.181. The molecule has 9 rings (SSSR count). The number of aromatic nitrogens is 12. The minimum Gasteiger partial charge on any atom is -0.662 e. The van der Waals surface area contributed by atoms with E-state index in [1.54, 1.807) is 30.5 Å². The summed E-state index contributed by atoms with van der Waals surface area (Å²) in [7, 11) is 0. The Balaban J connectivity index is 0.000000300. The molecular weight excluding hydrogens is 1060 g/mol. The molecule has 0 aliphatic carbocycles. The second-order valence-corrected chi connectivity index (χ2v) is 19.2. The summed E-state index contributed by atoms with van der Waals surface area (Å²) < 4.78 is 9.51. The SMILES string of the molecule is Clc1nc(-c2ccccc2)nc2[nH]ncc12.NC(=O)c1cn[nH]c1N.NC(=O)c1cn[nH]c1NC(=O)c1ccccc1.O=CO[O-].O=P(Cl)(Cl)Cl.O=c1[nH]c(-c2ccccc2)nc2[nH]ncc12.[K+].[K]. The zero-order valence-electron chi connectivity index (χ0n) is 35.6. The molecular formula is C38H32Cl4K2N16O8P. The Hall–Kier alpha value is -4.72. The van der Waals surface area contributed by atoms with E-state index in [0.717, 1.165) is 16.5 Å². The first-order valence-corrected chi connectivity index (χ1v) is 22.9. The zero-order chi connectivity index (χ0) is 48.9. The molecule has 347 valence electrons. The van der Waals surface area contributed by atoms with Crippen LogP contribution in [0.1, 0.15) is 31.1 Å². The fraction of sp³-hybridized carbons (Fsp3) is 0. The minimum absolute atomic E-state index is 0. The van der Waals surface area contributed by atoms with Crippen molar-refractivity contribution in [1.29, 1.82) is 0 Å². The van der Waals surface area contributed by atoms with Crippen molar-refractivity contribution >= 4 is 160 Å². The van der Waals surface area contributed by atoms with E-state index in [9.17, 15) is 23.7 Å². The van der Waals surface area contributed by atoms with Gasteiger partial charge in [0.1, 0.15) is 39.1 Å². The summed E-state index contributed by atoms with van der Waals surface area (Å²) in [5.74, 6) is -0.000681. The van der Waals surface area contributed by atoms with E-state index in [1.807, 2.05) is 66.7 Å². The van der Waals surface area contributed by atoms with Gasteiger partial charge in [0.25, 0.3) is 29.8 Å². The average molecular weight is 1090 g/mol. The van der Waals surface area contributed by atoms with E-state index in [-0.39, 0.29) is 143 Å². The number of nitrogen functional groups attached to an aromatic ring is 1. The molecule has 0 aliphatic rings. The van der Waals surface area contributed by atoms with Gasteiger partial charge in [-0.3, -0.25) is 48.9 Å². The molecule has 3 amide bonds. The number of rotatable bonds is 7. The number of aromatic amines is 5. The predicted octanol–water partition coefficient (Wildman–Crippen LogP) is 1.71. The van der Waals surface area contributed by atoms with Crippen molar-refractivity contribution in [3.05, 3.63) is 148 Å². The van der Waals surface area contributed by atoms with Crippen LogP contribution in [0, 0.1) is 0 Å². The molecule has 0 spiro atoms. The zero-order valence-corrected chi connectivity index (χ0v) is 45.8. The minimum atomic E-state index is -3.22. The summed E-state index contributed by atoms with van der Waals surface area (Å²) in [5.41, 5.74) is 18.9. The van der Waals surface area contributed by atoms with Crippen LogP contribution in [0.3, 0.4) is 0 Å². The fourth-order valence-electron chi connectivity index (χ4n) is 4.93. The Bertz CT molecular complexity index is 3130. The number of hydrogen-bond acceptors (Lipinski definition) is 16. The van der Waals surface area contributed by atoms with Gasteiger partial charge in [0.15, 0.2) is 17.1 Å². The molecule has 0 bridgehead atoms. The van der Waals surface area contributed by atoms with E-state index >= 15 is 0 Å². The molecule has 0 fully saturated rings. The molecule has 6 heterocycles. The van der Waals surface area contributed by atoms with Gasteiger partial charge in [-0.05, 0) is 45.9 Å². The second kappa shape index (κ2) is 30.8. The number of carbonyl (C=O) groups excluding carboxylic acids is 4. The first-order valence-electron chi connectivity index (χ1n) is 18.1. The Morgan fingerprint density at radius 3 is 1.65 bits per heavy atom.